The largest absolute Gasteiger partial charge is 0.395 e. The molecule has 0 aliphatic heterocycles. The molecule has 0 spiro atoms. The number of halogens is 3. The molecule has 0 amide bonds. The van der Waals surface area contributed by atoms with Crippen molar-refractivity contribution in [2.24, 2.45) is 5.10 Å². The molecular formula is C12H15Cl3N2O. The first kappa shape index (κ1) is 15.6. The number of anilines is 1. The number of nitrogens with one attached hydrogen (secondary N) is 1. The van der Waals surface area contributed by atoms with Gasteiger partial charge in [0.2, 0.25) is 0 Å². The van der Waals surface area contributed by atoms with Crippen molar-refractivity contribution in [1.82, 2.24) is 0 Å². The maximum absolute atomic E-state index is 8.82. The Bertz CT molecular complexity index is 393. The Morgan fingerprint density at radius 1 is 1.39 bits per heavy atom. The Hall–Kier alpha value is -0.480. The van der Waals surface area contributed by atoms with Crippen LogP contribution in [0.25, 0.3) is 0 Å². The number of rotatable bonds is 6. The van der Waals surface area contributed by atoms with Gasteiger partial charge in [-0.3, -0.25) is 5.43 Å². The molecule has 1 rings (SSSR count). The molecule has 1 atom stereocenters. The van der Waals surface area contributed by atoms with Crippen LogP contribution >= 0.6 is 34.8 Å². The van der Waals surface area contributed by atoms with E-state index in [1.165, 1.54) is 11.8 Å². The van der Waals surface area contributed by atoms with Gasteiger partial charge in [-0.2, -0.15) is 5.10 Å². The fraction of sp³-hybridized carbons (Fsp3) is 0.417. The Morgan fingerprint density at radius 3 is 2.56 bits per heavy atom. The molecule has 100 valence electrons. The number of aryl methyl sites for hydroxylation is 1. The highest BCUT2D eigenvalue weighted by Crippen LogP contribution is 2.26. The highest BCUT2D eigenvalue weighted by atomic mass is 35.5. The lowest BCUT2D eigenvalue weighted by Crippen LogP contribution is -2.22. The molecule has 0 saturated heterocycles. The van der Waals surface area contributed by atoms with E-state index in [0.29, 0.717) is 0 Å². The van der Waals surface area contributed by atoms with E-state index >= 15 is 0 Å². The van der Waals surface area contributed by atoms with E-state index in [1.54, 1.807) is 0 Å². The van der Waals surface area contributed by atoms with Crippen LogP contribution in [0.2, 0.25) is 0 Å². The summed E-state index contributed by atoms with van der Waals surface area (Å²) in [5.74, 6) is 0. The summed E-state index contributed by atoms with van der Waals surface area (Å²) in [7, 11) is 0. The molecule has 0 aliphatic carbocycles. The van der Waals surface area contributed by atoms with Crippen molar-refractivity contribution in [3.8, 4) is 0 Å². The van der Waals surface area contributed by atoms with Gasteiger partial charge >= 0.3 is 0 Å². The van der Waals surface area contributed by atoms with Crippen LogP contribution in [0.3, 0.4) is 0 Å². The Kier molecular flexibility index (Phi) is 6.22. The molecule has 0 saturated carbocycles. The Morgan fingerprint density at radius 2 is 2.00 bits per heavy atom. The third kappa shape index (κ3) is 5.91. The molecule has 1 aromatic carbocycles. The molecular weight excluding hydrogens is 295 g/mol. The van der Waals surface area contributed by atoms with Crippen LogP contribution in [-0.4, -0.2) is 27.6 Å². The number of alkyl halides is 3. The van der Waals surface area contributed by atoms with Crippen molar-refractivity contribution < 1.29 is 5.11 Å². The second kappa shape index (κ2) is 7.19. The molecule has 0 heterocycles. The number of hydrogen-bond acceptors (Lipinski definition) is 3. The highest BCUT2D eigenvalue weighted by Gasteiger charge is 2.25. The summed E-state index contributed by atoms with van der Waals surface area (Å²) in [4.78, 5) is 0. The predicted octanol–water partition coefficient (Wildman–Crippen LogP) is 3.56. The van der Waals surface area contributed by atoms with Gasteiger partial charge in [0, 0.05) is 6.42 Å². The topological polar surface area (TPSA) is 44.6 Å². The lowest BCUT2D eigenvalue weighted by atomic mass is 10.2. The fourth-order valence-corrected chi connectivity index (χ4v) is 2.11. The lowest BCUT2D eigenvalue weighted by molar-refractivity contribution is 0.288. The molecule has 18 heavy (non-hydrogen) atoms. The molecule has 0 bridgehead atoms. The first-order valence-electron chi connectivity index (χ1n) is 5.42. The Labute approximate surface area is 122 Å². The van der Waals surface area contributed by atoms with E-state index in [9.17, 15) is 0 Å². The van der Waals surface area contributed by atoms with Crippen molar-refractivity contribution >= 4 is 46.7 Å². The van der Waals surface area contributed by atoms with Crippen LogP contribution in [0, 0.1) is 6.92 Å². The summed E-state index contributed by atoms with van der Waals surface area (Å²) in [6.07, 6.45) is 1.58. The zero-order valence-corrected chi connectivity index (χ0v) is 12.2. The van der Waals surface area contributed by atoms with E-state index in [1.807, 2.05) is 31.2 Å². The van der Waals surface area contributed by atoms with E-state index in [-0.39, 0.29) is 13.0 Å². The Balaban J connectivity index is 2.51. The third-order valence-electron chi connectivity index (χ3n) is 2.19. The minimum atomic E-state index is -1.20. The van der Waals surface area contributed by atoms with Crippen molar-refractivity contribution in [2.45, 2.75) is 23.1 Å². The second-order valence-corrected chi connectivity index (χ2v) is 6.14. The van der Waals surface area contributed by atoms with Crippen molar-refractivity contribution in [2.75, 3.05) is 12.0 Å². The molecule has 0 aliphatic rings. The van der Waals surface area contributed by atoms with Crippen LogP contribution in [0.4, 0.5) is 5.69 Å². The van der Waals surface area contributed by atoms with Gasteiger partial charge in [0.15, 0.2) is 4.33 Å². The summed E-state index contributed by atoms with van der Waals surface area (Å²) in [6, 6.07) is 7.73. The van der Waals surface area contributed by atoms with E-state index in [0.717, 1.165) is 5.69 Å². The van der Waals surface area contributed by atoms with Gasteiger partial charge in [0.05, 0.1) is 23.9 Å². The van der Waals surface area contributed by atoms with Crippen LogP contribution in [0.5, 0.6) is 0 Å². The summed E-state index contributed by atoms with van der Waals surface area (Å²) in [5, 5.41) is 12.3. The zero-order chi connectivity index (χ0) is 13.6. The van der Waals surface area contributed by atoms with E-state index in [4.69, 9.17) is 39.9 Å². The average molecular weight is 310 g/mol. The van der Waals surface area contributed by atoms with E-state index < -0.39 is 9.71 Å². The van der Waals surface area contributed by atoms with Crippen LogP contribution in [0.1, 0.15) is 12.0 Å². The SMILES string of the molecule is Cc1ccc(NN=CC(Cl)(Cl)CC(Cl)CO)cc1. The first-order valence-corrected chi connectivity index (χ1v) is 6.62. The van der Waals surface area contributed by atoms with Crippen molar-refractivity contribution in [1.29, 1.82) is 0 Å². The first-order chi connectivity index (χ1) is 8.43. The van der Waals surface area contributed by atoms with Gasteiger partial charge < -0.3 is 5.11 Å². The van der Waals surface area contributed by atoms with Crippen molar-refractivity contribution in [3.63, 3.8) is 0 Å². The van der Waals surface area contributed by atoms with Gasteiger partial charge in [-0.25, -0.2) is 0 Å². The fourth-order valence-electron chi connectivity index (χ4n) is 1.24. The maximum Gasteiger partial charge on any atom is 0.156 e. The summed E-state index contributed by atoms with van der Waals surface area (Å²) in [6.45, 7) is 1.83. The minimum Gasteiger partial charge on any atom is -0.395 e. The number of hydrogen-bond donors (Lipinski definition) is 2. The molecule has 0 fully saturated rings. The number of aliphatic hydroxyl groups is 1. The van der Waals surface area contributed by atoms with Gasteiger partial charge in [-0.15, -0.1) is 11.6 Å². The molecule has 3 nitrogen and oxygen atoms in total. The number of nitrogens with zero attached hydrogens (tertiary/aromatic N) is 1. The van der Waals surface area contributed by atoms with Gasteiger partial charge in [-0.05, 0) is 19.1 Å². The monoisotopic (exact) mass is 308 g/mol. The lowest BCUT2D eigenvalue weighted by Gasteiger charge is -2.16. The maximum atomic E-state index is 8.82. The zero-order valence-electron chi connectivity index (χ0n) is 9.91. The summed E-state index contributed by atoms with van der Waals surface area (Å²) >= 11 is 17.7. The van der Waals surface area contributed by atoms with Gasteiger partial charge in [-0.1, -0.05) is 40.9 Å². The molecule has 2 N–H and O–H groups in total. The van der Waals surface area contributed by atoms with Crippen LogP contribution < -0.4 is 5.43 Å². The molecule has 1 aromatic rings. The molecule has 6 heteroatoms. The third-order valence-corrected chi connectivity index (χ3v) is 2.99. The van der Waals surface area contributed by atoms with E-state index in [2.05, 4.69) is 10.5 Å². The minimum absolute atomic E-state index is 0.179. The smallest absolute Gasteiger partial charge is 0.156 e. The quantitative estimate of drug-likeness (QED) is 0.479. The number of hydrazone groups is 1. The number of aliphatic hydroxyl groups excluding tert-OH is 1. The normalized spacial score (nSPS) is 13.8. The average Bonchev–Trinajstić information content (AvgIpc) is 2.31. The predicted molar refractivity (Wildman–Crippen MR) is 79.1 cm³/mol. The summed E-state index contributed by atoms with van der Waals surface area (Å²) < 4.78 is -1.20. The molecule has 1 unspecified atom stereocenters. The highest BCUT2D eigenvalue weighted by molar-refractivity contribution is 6.56. The second-order valence-electron chi connectivity index (χ2n) is 3.98. The van der Waals surface area contributed by atoms with Crippen LogP contribution in [0.15, 0.2) is 29.4 Å². The standard InChI is InChI=1S/C12H15Cl3N2O/c1-9-2-4-11(5-3-9)17-16-8-12(14,15)6-10(13)7-18/h2-5,8,10,17-18H,6-7H2,1H3. The van der Waals surface area contributed by atoms with Crippen molar-refractivity contribution in [3.05, 3.63) is 29.8 Å². The van der Waals surface area contributed by atoms with Gasteiger partial charge in [0.1, 0.15) is 0 Å². The summed E-state index contributed by atoms with van der Waals surface area (Å²) in [5.41, 5.74) is 4.82. The molecule has 0 aromatic heterocycles. The van der Waals surface area contributed by atoms with Gasteiger partial charge in [0.25, 0.3) is 0 Å². The number of benzene rings is 1. The van der Waals surface area contributed by atoms with Crippen LogP contribution in [-0.2, 0) is 0 Å². The molecule has 0 radical (unpaired) electrons.